The normalized spacial score (nSPS) is 10.8. The van der Waals surface area contributed by atoms with Gasteiger partial charge in [0.2, 0.25) is 0 Å². The van der Waals surface area contributed by atoms with E-state index in [0.29, 0.717) is 5.56 Å². The molecule has 0 spiro atoms. The molecule has 3 nitrogen and oxygen atoms in total. The van der Waals surface area contributed by atoms with Gasteiger partial charge in [0.1, 0.15) is 5.75 Å². The van der Waals surface area contributed by atoms with E-state index in [2.05, 4.69) is 15.9 Å². The second-order valence-electron chi connectivity index (χ2n) is 3.56. The molecule has 0 aliphatic carbocycles. The summed E-state index contributed by atoms with van der Waals surface area (Å²) in [6.07, 6.45) is 3.23. The van der Waals surface area contributed by atoms with E-state index in [1.54, 1.807) is 18.3 Å². The molecule has 0 fully saturated rings. The van der Waals surface area contributed by atoms with Gasteiger partial charge in [0.15, 0.2) is 5.78 Å². The predicted octanol–water partition coefficient (Wildman–Crippen LogP) is 3.19. The molecule has 0 bridgehead atoms. The largest absolute Gasteiger partial charge is 0.507 e. The molecular weight excluding hydrogens is 282 g/mol. The van der Waals surface area contributed by atoms with E-state index in [9.17, 15) is 9.90 Å². The van der Waals surface area contributed by atoms with Gasteiger partial charge in [-0.2, -0.15) is 0 Å². The summed E-state index contributed by atoms with van der Waals surface area (Å²) in [4.78, 5) is 13.9. The average molecular weight is 298 g/mol. The molecule has 0 heterocycles. The van der Waals surface area contributed by atoms with Gasteiger partial charge >= 0.3 is 0 Å². The number of nitrogens with zero attached hydrogens (tertiary/aromatic N) is 1. The third-order valence-electron chi connectivity index (χ3n) is 2.47. The Labute approximate surface area is 110 Å². The van der Waals surface area contributed by atoms with Crippen molar-refractivity contribution in [3.63, 3.8) is 0 Å². The summed E-state index contributed by atoms with van der Waals surface area (Å²) in [6, 6.07) is 4.81. The lowest BCUT2D eigenvalue weighted by Gasteiger charge is -2.14. The van der Waals surface area contributed by atoms with Crippen LogP contribution in [0, 0.1) is 0 Å². The number of carbonyl (C=O) groups excluding carboxylic acids is 1. The molecule has 0 aliphatic rings. The van der Waals surface area contributed by atoms with Gasteiger partial charge in [-0.15, -0.1) is 0 Å². The number of phenols is 1. The Balaban J connectivity index is 2.86. The quantitative estimate of drug-likeness (QED) is 0.670. The first-order chi connectivity index (χ1) is 8.08. The molecule has 4 heteroatoms. The number of ketones is 1. The van der Waals surface area contributed by atoms with Crippen molar-refractivity contribution in [3.05, 3.63) is 40.5 Å². The van der Waals surface area contributed by atoms with E-state index in [1.807, 2.05) is 18.7 Å². The Morgan fingerprint density at radius 2 is 2.06 bits per heavy atom. The van der Waals surface area contributed by atoms with Crippen molar-refractivity contribution in [3.8, 4) is 5.75 Å². The molecule has 1 aromatic carbocycles. The molecule has 0 atom stereocenters. The molecule has 0 aliphatic heterocycles. The number of phenolic OH excluding ortho intramolecular Hbond substituents is 1. The van der Waals surface area contributed by atoms with Crippen LogP contribution in [0.1, 0.15) is 24.2 Å². The van der Waals surface area contributed by atoms with Crippen molar-refractivity contribution in [1.29, 1.82) is 0 Å². The van der Waals surface area contributed by atoms with E-state index in [4.69, 9.17) is 0 Å². The number of aromatic hydroxyl groups is 1. The van der Waals surface area contributed by atoms with Crippen molar-refractivity contribution < 1.29 is 9.90 Å². The molecule has 1 N–H and O–H groups in total. The van der Waals surface area contributed by atoms with E-state index in [0.717, 1.165) is 17.6 Å². The fourth-order valence-corrected chi connectivity index (χ4v) is 1.76. The Morgan fingerprint density at radius 3 is 2.65 bits per heavy atom. The van der Waals surface area contributed by atoms with Crippen molar-refractivity contribution >= 4 is 21.7 Å². The van der Waals surface area contributed by atoms with Gasteiger partial charge < -0.3 is 10.0 Å². The maximum Gasteiger partial charge on any atom is 0.191 e. The first-order valence-electron chi connectivity index (χ1n) is 5.53. The number of hydrogen-bond acceptors (Lipinski definition) is 3. The lowest BCUT2D eigenvalue weighted by Crippen LogP contribution is -2.15. The smallest absolute Gasteiger partial charge is 0.191 e. The number of rotatable bonds is 5. The maximum atomic E-state index is 11.9. The van der Waals surface area contributed by atoms with Gasteiger partial charge in [-0.05, 0) is 32.0 Å². The van der Waals surface area contributed by atoms with E-state index in [1.165, 1.54) is 12.1 Å². The number of allylic oxidation sites excluding steroid dienone is 1. The standard InChI is InChI=1S/C13H16BrNO2/c1-3-15(4-2)8-7-13(17)11-9-10(14)5-6-12(11)16/h5-9,16H,3-4H2,1-2H3. The zero-order valence-electron chi connectivity index (χ0n) is 9.98. The fraction of sp³-hybridized carbons (Fsp3) is 0.308. The van der Waals surface area contributed by atoms with Gasteiger partial charge in [0, 0.05) is 29.8 Å². The van der Waals surface area contributed by atoms with Gasteiger partial charge in [0.25, 0.3) is 0 Å². The Hall–Kier alpha value is -1.29. The van der Waals surface area contributed by atoms with Gasteiger partial charge in [-0.25, -0.2) is 0 Å². The summed E-state index contributed by atoms with van der Waals surface area (Å²) >= 11 is 3.27. The van der Waals surface area contributed by atoms with Crippen LogP contribution in [-0.4, -0.2) is 28.9 Å². The lowest BCUT2D eigenvalue weighted by atomic mass is 10.1. The zero-order valence-corrected chi connectivity index (χ0v) is 11.6. The second-order valence-corrected chi connectivity index (χ2v) is 4.48. The summed E-state index contributed by atoms with van der Waals surface area (Å²) in [7, 11) is 0. The Kier molecular flexibility index (Phi) is 5.22. The van der Waals surface area contributed by atoms with Crippen LogP contribution in [0.25, 0.3) is 0 Å². The first kappa shape index (κ1) is 13.8. The van der Waals surface area contributed by atoms with E-state index >= 15 is 0 Å². The third-order valence-corrected chi connectivity index (χ3v) is 2.97. The highest BCUT2D eigenvalue weighted by Crippen LogP contribution is 2.22. The third kappa shape index (κ3) is 3.89. The molecule has 17 heavy (non-hydrogen) atoms. The molecular formula is C13H16BrNO2. The molecule has 0 amide bonds. The van der Waals surface area contributed by atoms with Crippen LogP contribution in [0.15, 0.2) is 34.9 Å². The monoisotopic (exact) mass is 297 g/mol. The maximum absolute atomic E-state index is 11.9. The van der Waals surface area contributed by atoms with Crippen molar-refractivity contribution in [2.75, 3.05) is 13.1 Å². The minimum absolute atomic E-state index is 0.00222. The Bertz CT molecular complexity index is 425. The van der Waals surface area contributed by atoms with Crippen molar-refractivity contribution in [2.45, 2.75) is 13.8 Å². The summed E-state index contributed by atoms with van der Waals surface area (Å²) in [5.74, 6) is -0.196. The predicted molar refractivity (Wildman–Crippen MR) is 72.2 cm³/mol. The van der Waals surface area contributed by atoms with Crippen molar-refractivity contribution in [1.82, 2.24) is 4.90 Å². The van der Waals surface area contributed by atoms with Gasteiger partial charge in [0.05, 0.1) is 5.56 Å². The highest BCUT2D eigenvalue weighted by molar-refractivity contribution is 9.10. The van der Waals surface area contributed by atoms with Crippen LogP contribution in [0.3, 0.4) is 0 Å². The fourth-order valence-electron chi connectivity index (χ4n) is 1.40. The summed E-state index contributed by atoms with van der Waals surface area (Å²) in [5.41, 5.74) is 0.308. The lowest BCUT2D eigenvalue weighted by molar-refractivity contribution is 0.104. The van der Waals surface area contributed by atoms with Crippen LogP contribution in [0.4, 0.5) is 0 Å². The van der Waals surface area contributed by atoms with Crippen LogP contribution in [0.5, 0.6) is 5.75 Å². The molecule has 0 saturated carbocycles. The minimum atomic E-state index is -0.198. The van der Waals surface area contributed by atoms with Gasteiger partial charge in [-0.3, -0.25) is 4.79 Å². The average Bonchev–Trinajstić information content (AvgIpc) is 2.33. The molecule has 0 radical (unpaired) electrons. The highest BCUT2D eigenvalue weighted by atomic mass is 79.9. The zero-order chi connectivity index (χ0) is 12.8. The summed E-state index contributed by atoms with van der Waals surface area (Å²) in [5, 5.41) is 9.60. The molecule has 1 aromatic rings. The van der Waals surface area contributed by atoms with Gasteiger partial charge in [-0.1, -0.05) is 15.9 Å². The molecule has 0 saturated heterocycles. The molecule has 0 aromatic heterocycles. The van der Waals surface area contributed by atoms with E-state index in [-0.39, 0.29) is 11.5 Å². The molecule has 0 unspecified atom stereocenters. The van der Waals surface area contributed by atoms with Crippen LogP contribution in [0.2, 0.25) is 0 Å². The topological polar surface area (TPSA) is 40.5 Å². The molecule has 1 rings (SSSR count). The van der Waals surface area contributed by atoms with E-state index < -0.39 is 0 Å². The van der Waals surface area contributed by atoms with Crippen LogP contribution in [-0.2, 0) is 0 Å². The number of carbonyl (C=O) groups is 1. The van der Waals surface area contributed by atoms with Crippen LogP contribution >= 0.6 is 15.9 Å². The summed E-state index contributed by atoms with van der Waals surface area (Å²) < 4.78 is 0.773. The van der Waals surface area contributed by atoms with Crippen LogP contribution < -0.4 is 0 Å². The minimum Gasteiger partial charge on any atom is -0.507 e. The number of benzene rings is 1. The Morgan fingerprint density at radius 1 is 1.41 bits per heavy atom. The van der Waals surface area contributed by atoms with Crippen molar-refractivity contribution in [2.24, 2.45) is 0 Å². The number of hydrogen-bond donors (Lipinski definition) is 1. The number of halogens is 1. The summed E-state index contributed by atoms with van der Waals surface area (Å²) in [6.45, 7) is 5.75. The highest BCUT2D eigenvalue weighted by Gasteiger charge is 2.08. The second kappa shape index (κ2) is 6.45. The SMILES string of the molecule is CCN(C=CC(=O)c1cc(Br)ccc1O)CC. The first-order valence-corrected chi connectivity index (χ1v) is 6.32. The molecule has 92 valence electrons.